The number of nitrogens with zero attached hydrogens (tertiary/aromatic N) is 2. The van der Waals surface area contributed by atoms with Gasteiger partial charge in [-0.3, -0.25) is 4.79 Å². The Morgan fingerprint density at radius 1 is 1.17 bits per heavy atom. The Bertz CT molecular complexity index is 643. The van der Waals surface area contributed by atoms with E-state index >= 15 is 0 Å². The summed E-state index contributed by atoms with van der Waals surface area (Å²) in [6.07, 6.45) is 1.70. The molecule has 122 valence electrons. The predicted molar refractivity (Wildman–Crippen MR) is 90.2 cm³/mol. The van der Waals surface area contributed by atoms with Crippen molar-refractivity contribution in [3.8, 4) is 0 Å². The van der Waals surface area contributed by atoms with Gasteiger partial charge in [0, 0.05) is 25.7 Å². The lowest BCUT2D eigenvalue weighted by molar-refractivity contribution is -0.130. The third kappa shape index (κ3) is 4.53. The zero-order chi connectivity index (χ0) is 16.8. The van der Waals surface area contributed by atoms with E-state index in [-0.39, 0.29) is 11.9 Å². The highest BCUT2D eigenvalue weighted by molar-refractivity contribution is 7.09. The Balaban J connectivity index is 2.10. The molecule has 0 aliphatic heterocycles. The van der Waals surface area contributed by atoms with Crippen LogP contribution in [0.25, 0.3) is 0 Å². The monoisotopic (exact) mass is 332 g/mol. The maximum atomic E-state index is 12.2. The summed E-state index contributed by atoms with van der Waals surface area (Å²) in [5, 5.41) is 8.20. The van der Waals surface area contributed by atoms with Crippen LogP contribution in [0.2, 0.25) is 0 Å². The van der Waals surface area contributed by atoms with E-state index in [4.69, 9.17) is 0 Å². The molecule has 1 heterocycles. The number of hydrogen-bond donors (Lipinski definition) is 2. The second kappa shape index (κ2) is 7.73. The molecule has 6 nitrogen and oxygen atoms in total. The van der Waals surface area contributed by atoms with E-state index in [2.05, 4.69) is 15.6 Å². The third-order valence-corrected chi connectivity index (χ3v) is 4.11. The normalized spacial score (nSPS) is 13.0. The number of benzene rings is 1. The fraction of sp³-hybridized carbons (Fsp3) is 0.312. The lowest BCUT2D eigenvalue weighted by Gasteiger charge is -2.21. The van der Waals surface area contributed by atoms with Crippen LogP contribution >= 0.6 is 11.3 Å². The fourth-order valence-corrected chi connectivity index (χ4v) is 2.84. The predicted octanol–water partition coefficient (Wildman–Crippen LogP) is 2.01. The summed E-state index contributed by atoms with van der Waals surface area (Å²) in [4.78, 5) is 29.8. The number of carbonyl (C=O) groups excluding carboxylic acids is 2. The van der Waals surface area contributed by atoms with Gasteiger partial charge in [0.15, 0.2) is 0 Å². The van der Waals surface area contributed by atoms with E-state index < -0.39 is 12.1 Å². The van der Waals surface area contributed by atoms with Crippen LogP contribution in [0.15, 0.2) is 41.9 Å². The first kappa shape index (κ1) is 17.0. The first-order chi connectivity index (χ1) is 11.0. The molecule has 2 aromatic rings. The molecule has 7 heteroatoms. The first-order valence-corrected chi connectivity index (χ1v) is 8.09. The smallest absolute Gasteiger partial charge is 0.316 e. The second-order valence-electron chi connectivity index (χ2n) is 5.29. The Labute approximate surface area is 139 Å². The Hall–Kier alpha value is -2.41. The van der Waals surface area contributed by atoms with Crippen LogP contribution in [0.5, 0.6) is 0 Å². The molecule has 23 heavy (non-hydrogen) atoms. The standard InChI is InChI=1S/C16H20N4O2S/c1-11(15(21)20(2)3)18-16(22)19-13(14-17-9-10-23-14)12-7-5-4-6-8-12/h4-11,13H,1-3H3,(H2,18,19,22)/t11-,13-/m0/s1. The van der Waals surface area contributed by atoms with E-state index in [9.17, 15) is 9.59 Å². The molecule has 2 atom stereocenters. The number of urea groups is 1. The van der Waals surface area contributed by atoms with Crippen molar-refractivity contribution in [2.75, 3.05) is 14.1 Å². The number of thiazole rings is 1. The van der Waals surface area contributed by atoms with Gasteiger partial charge in [0.05, 0.1) is 0 Å². The van der Waals surface area contributed by atoms with Gasteiger partial charge in [0.25, 0.3) is 0 Å². The molecule has 0 saturated carbocycles. The number of nitrogens with one attached hydrogen (secondary N) is 2. The molecule has 1 aromatic carbocycles. The molecule has 0 unspecified atom stereocenters. The van der Waals surface area contributed by atoms with Crippen molar-refractivity contribution in [2.24, 2.45) is 0 Å². The van der Waals surface area contributed by atoms with Gasteiger partial charge in [-0.05, 0) is 12.5 Å². The topological polar surface area (TPSA) is 74.3 Å². The maximum Gasteiger partial charge on any atom is 0.316 e. The van der Waals surface area contributed by atoms with Gasteiger partial charge in [-0.2, -0.15) is 0 Å². The highest BCUT2D eigenvalue weighted by Crippen LogP contribution is 2.23. The summed E-state index contributed by atoms with van der Waals surface area (Å²) in [6.45, 7) is 1.66. The number of rotatable bonds is 5. The van der Waals surface area contributed by atoms with Gasteiger partial charge in [-0.1, -0.05) is 30.3 Å². The van der Waals surface area contributed by atoms with Crippen molar-refractivity contribution in [3.05, 3.63) is 52.5 Å². The number of amides is 3. The molecule has 3 amide bonds. The lowest BCUT2D eigenvalue weighted by Crippen LogP contribution is -2.48. The lowest BCUT2D eigenvalue weighted by atomic mass is 10.1. The summed E-state index contributed by atoms with van der Waals surface area (Å²) in [7, 11) is 3.31. The minimum atomic E-state index is -0.599. The van der Waals surface area contributed by atoms with E-state index in [1.807, 2.05) is 35.7 Å². The van der Waals surface area contributed by atoms with Crippen molar-refractivity contribution in [1.82, 2.24) is 20.5 Å². The maximum absolute atomic E-state index is 12.2. The Morgan fingerprint density at radius 3 is 2.43 bits per heavy atom. The number of aromatic nitrogens is 1. The van der Waals surface area contributed by atoms with Crippen LogP contribution in [0.3, 0.4) is 0 Å². The van der Waals surface area contributed by atoms with E-state index in [0.29, 0.717) is 0 Å². The van der Waals surface area contributed by atoms with Gasteiger partial charge in [-0.15, -0.1) is 11.3 Å². The number of carbonyl (C=O) groups is 2. The van der Waals surface area contributed by atoms with E-state index in [1.54, 1.807) is 27.2 Å². The molecule has 0 aliphatic carbocycles. The summed E-state index contributed by atoms with van der Waals surface area (Å²) in [5.74, 6) is -0.161. The van der Waals surface area contributed by atoms with Crippen molar-refractivity contribution >= 4 is 23.3 Å². The van der Waals surface area contributed by atoms with Crippen LogP contribution < -0.4 is 10.6 Å². The quantitative estimate of drug-likeness (QED) is 0.879. The van der Waals surface area contributed by atoms with Gasteiger partial charge in [0.1, 0.15) is 17.1 Å². The first-order valence-electron chi connectivity index (χ1n) is 7.21. The number of likely N-dealkylation sites (N-methyl/N-ethyl adjacent to an activating group) is 1. The summed E-state index contributed by atoms with van der Waals surface area (Å²) >= 11 is 1.47. The fourth-order valence-electron chi connectivity index (χ4n) is 2.13. The summed E-state index contributed by atoms with van der Waals surface area (Å²) < 4.78 is 0. The van der Waals surface area contributed by atoms with Crippen LogP contribution in [0.4, 0.5) is 4.79 Å². The van der Waals surface area contributed by atoms with Gasteiger partial charge >= 0.3 is 6.03 Å². The Kier molecular flexibility index (Phi) is 5.70. The molecular weight excluding hydrogens is 312 g/mol. The van der Waals surface area contributed by atoms with Crippen molar-refractivity contribution in [2.45, 2.75) is 19.0 Å². The molecule has 2 N–H and O–H groups in total. The number of hydrogen-bond acceptors (Lipinski definition) is 4. The van der Waals surface area contributed by atoms with Crippen LogP contribution in [-0.2, 0) is 4.79 Å². The van der Waals surface area contributed by atoms with Crippen molar-refractivity contribution < 1.29 is 9.59 Å². The van der Waals surface area contributed by atoms with Crippen molar-refractivity contribution in [3.63, 3.8) is 0 Å². The SMILES string of the molecule is C[C@H](NC(=O)N[C@@H](c1ccccc1)c1nccs1)C(=O)N(C)C. The molecule has 0 fully saturated rings. The molecule has 0 spiro atoms. The average Bonchev–Trinajstić information content (AvgIpc) is 3.06. The van der Waals surface area contributed by atoms with Crippen LogP contribution in [-0.4, -0.2) is 42.0 Å². The molecule has 0 aliphatic rings. The van der Waals surface area contributed by atoms with Crippen LogP contribution in [0, 0.1) is 0 Å². The molecular formula is C16H20N4O2S. The molecule has 0 radical (unpaired) electrons. The largest absolute Gasteiger partial charge is 0.347 e. The third-order valence-electron chi connectivity index (χ3n) is 3.27. The van der Waals surface area contributed by atoms with Gasteiger partial charge in [0.2, 0.25) is 5.91 Å². The van der Waals surface area contributed by atoms with Gasteiger partial charge in [-0.25, -0.2) is 9.78 Å². The second-order valence-corrected chi connectivity index (χ2v) is 6.21. The molecule has 1 aromatic heterocycles. The average molecular weight is 332 g/mol. The Morgan fingerprint density at radius 2 is 1.87 bits per heavy atom. The highest BCUT2D eigenvalue weighted by atomic mass is 32.1. The zero-order valence-corrected chi connectivity index (χ0v) is 14.1. The zero-order valence-electron chi connectivity index (χ0n) is 13.3. The minimum absolute atomic E-state index is 0.161. The molecule has 0 saturated heterocycles. The summed E-state index contributed by atoms with van der Waals surface area (Å²) in [5.41, 5.74) is 0.934. The van der Waals surface area contributed by atoms with E-state index in [1.165, 1.54) is 16.2 Å². The van der Waals surface area contributed by atoms with E-state index in [0.717, 1.165) is 10.6 Å². The van der Waals surface area contributed by atoms with Gasteiger partial charge < -0.3 is 15.5 Å². The van der Waals surface area contributed by atoms with Crippen molar-refractivity contribution in [1.29, 1.82) is 0 Å². The molecule has 0 bridgehead atoms. The molecule has 2 rings (SSSR count). The summed E-state index contributed by atoms with van der Waals surface area (Å²) in [6, 6.07) is 8.25. The minimum Gasteiger partial charge on any atom is -0.347 e. The highest BCUT2D eigenvalue weighted by Gasteiger charge is 2.22. The van der Waals surface area contributed by atoms with Crippen LogP contribution in [0.1, 0.15) is 23.5 Å².